The van der Waals surface area contributed by atoms with Gasteiger partial charge in [0.1, 0.15) is 10.6 Å². The van der Waals surface area contributed by atoms with Gasteiger partial charge in [0.15, 0.2) is 0 Å². The van der Waals surface area contributed by atoms with E-state index >= 15 is 4.39 Å². The Morgan fingerprint density at radius 2 is 1.91 bits per heavy atom. The summed E-state index contributed by atoms with van der Waals surface area (Å²) in [6, 6.07) is 8.32. The number of aryl methyl sites for hydroxylation is 2. The smallest absolute Gasteiger partial charge is 0.307 e. The zero-order chi connectivity index (χ0) is 24.2. The second-order valence-corrected chi connectivity index (χ2v) is 10.8. The first-order valence-electron chi connectivity index (χ1n) is 10.5. The maximum absolute atomic E-state index is 15.3. The highest BCUT2D eigenvalue weighted by Gasteiger charge is 2.33. The molecule has 0 aliphatic carbocycles. The molecule has 0 heterocycles. The first-order valence-corrected chi connectivity index (χ1v) is 11.7. The summed E-state index contributed by atoms with van der Waals surface area (Å²) in [7, 11) is 0. The predicted octanol–water partition coefficient (Wildman–Crippen LogP) is 5.34. The molecule has 0 radical (unpaired) electrons. The van der Waals surface area contributed by atoms with E-state index in [1.807, 2.05) is 19.9 Å². The van der Waals surface area contributed by atoms with E-state index in [2.05, 4.69) is 10.8 Å². The molecule has 2 rings (SSSR count). The maximum Gasteiger partial charge on any atom is 0.307 e. The number of rotatable bonds is 7. The number of ether oxygens (including phenoxy) is 1. The molecule has 1 unspecified atom stereocenters. The van der Waals surface area contributed by atoms with Gasteiger partial charge in [-0.3, -0.25) is 4.79 Å². The second kappa shape index (κ2) is 10.5. The minimum Gasteiger partial charge on any atom is -0.598 e. The summed E-state index contributed by atoms with van der Waals surface area (Å²) >= 11 is -1.55. The van der Waals surface area contributed by atoms with Crippen LogP contribution < -0.4 is 4.72 Å². The van der Waals surface area contributed by atoms with Gasteiger partial charge in [-0.2, -0.15) is 5.26 Å². The van der Waals surface area contributed by atoms with Crippen molar-refractivity contribution in [2.24, 2.45) is 0 Å². The first-order chi connectivity index (χ1) is 14.9. The predicted molar refractivity (Wildman–Crippen MR) is 126 cm³/mol. The van der Waals surface area contributed by atoms with E-state index in [1.165, 1.54) is 0 Å². The fourth-order valence-corrected chi connectivity index (χ4v) is 4.21. The van der Waals surface area contributed by atoms with Gasteiger partial charge in [-0.05, 0) is 88.9 Å². The third-order valence-corrected chi connectivity index (χ3v) is 6.90. The molecule has 0 amide bonds. The van der Waals surface area contributed by atoms with Crippen molar-refractivity contribution in [3.05, 3.63) is 57.9 Å². The van der Waals surface area contributed by atoms with Gasteiger partial charge in [-0.1, -0.05) is 6.07 Å². The monoisotopic (exact) mass is 458 g/mol. The van der Waals surface area contributed by atoms with Crippen LogP contribution in [0.4, 0.5) is 4.39 Å². The molecule has 0 aliphatic rings. The molecule has 1 N–H and O–H groups in total. The molecular formula is C25H31FN2O3S. The standard InChI is InChI=1S/C25H31FN2O3S/c1-8-31-22(29)13-21(28-32(30)25(5,6)7)20-12-19(11-16(3)24(20)26)23-17(4)15(2)9-10-18(23)14-27/h9-12,21,28H,8,13H2,1-7H3/t21-,32?/m0/s1. The van der Waals surface area contributed by atoms with Crippen LogP contribution in [0.25, 0.3) is 11.1 Å². The van der Waals surface area contributed by atoms with Crippen molar-refractivity contribution in [2.45, 2.75) is 65.7 Å². The summed E-state index contributed by atoms with van der Waals surface area (Å²) in [5, 5.41) is 9.65. The minimum absolute atomic E-state index is 0.173. The maximum atomic E-state index is 15.3. The van der Waals surface area contributed by atoms with Crippen molar-refractivity contribution in [3.8, 4) is 17.2 Å². The summed E-state index contributed by atoms with van der Waals surface area (Å²) in [6.45, 7) is 12.8. The van der Waals surface area contributed by atoms with Crippen LogP contribution in [0, 0.1) is 37.9 Å². The number of nitrogens with zero attached hydrogens (tertiary/aromatic N) is 1. The highest BCUT2D eigenvalue weighted by atomic mass is 32.2. The lowest BCUT2D eigenvalue weighted by molar-refractivity contribution is -0.143. The molecule has 5 nitrogen and oxygen atoms in total. The van der Waals surface area contributed by atoms with Gasteiger partial charge < -0.3 is 9.29 Å². The Kier molecular flexibility index (Phi) is 8.47. The lowest BCUT2D eigenvalue weighted by Crippen LogP contribution is -2.42. The normalized spacial score (nSPS) is 13.4. The molecule has 32 heavy (non-hydrogen) atoms. The molecule has 2 aromatic carbocycles. The van der Waals surface area contributed by atoms with E-state index < -0.39 is 33.9 Å². The average Bonchev–Trinajstić information content (AvgIpc) is 2.70. The molecule has 0 spiro atoms. The van der Waals surface area contributed by atoms with Gasteiger partial charge in [0.05, 0.1) is 30.7 Å². The Morgan fingerprint density at radius 3 is 2.47 bits per heavy atom. The lowest BCUT2D eigenvalue weighted by atomic mass is 9.89. The SMILES string of the molecule is CCOC(=O)C[C@H](N[S+]([O-])C(C)(C)C)c1cc(-c2c(C#N)ccc(C)c2C)cc(C)c1F. The van der Waals surface area contributed by atoms with Crippen LogP contribution in [0.15, 0.2) is 24.3 Å². The third-order valence-electron chi connectivity index (χ3n) is 5.28. The highest BCUT2D eigenvalue weighted by Crippen LogP contribution is 2.35. The molecule has 0 saturated carbocycles. The van der Waals surface area contributed by atoms with Crippen molar-refractivity contribution >= 4 is 17.3 Å². The number of carbonyl (C=O) groups is 1. The molecule has 7 heteroatoms. The fraction of sp³-hybridized carbons (Fsp3) is 0.440. The Morgan fingerprint density at radius 1 is 1.25 bits per heavy atom. The largest absolute Gasteiger partial charge is 0.598 e. The van der Waals surface area contributed by atoms with E-state index in [9.17, 15) is 14.6 Å². The molecule has 0 aliphatic heterocycles. The summed E-state index contributed by atoms with van der Waals surface area (Å²) in [5.74, 6) is -0.993. The second-order valence-electron chi connectivity index (χ2n) is 8.80. The molecule has 172 valence electrons. The van der Waals surface area contributed by atoms with Crippen molar-refractivity contribution in [1.29, 1.82) is 5.26 Å². The summed E-state index contributed by atoms with van der Waals surface area (Å²) in [6.07, 6.45) is -0.173. The highest BCUT2D eigenvalue weighted by molar-refractivity contribution is 7.90. The van der Waals surface area contributed by atoms with E-state index in [0.29, 0.717) is 16.7 Å². The zero-order valence-corrected chi connectivity index (χ0v) is 20.6. The van der Waals surface area contributed by atoms with Gasteiger partial charge in [0.2, 0.25) is 0 Å². The number of nitrogens with one attached hydrogen (secondary N) is 1. The topological polar surface area (TPSA) is 85.2 Å². The summed E-state index contributed by atoms with van der Waals surface area (Å²) in [5.41, 5.74) is 4.41. The number of carbonyl (C=O) groups excluding carboxylic acids is 1. The van der Waals surface area contributed by atoms with Gasteiger partial charge in [0.25, 0.3) is 0 Å². The van der Waals surface area contributed by atoms with E-state index in [1.54, 1.807) is 52.8 Å². The van der Waals surface area contributed by atoms with E-state index in [0.717, 1.165) is 16.7 Å². The van der Waals surface area contributed by atoms with Crippen LogP contribution in [0.1, 0.15) is 68.0 Å². The number of benzene rings is 2. The third kappa shape index (κ3) is 5.89. The van der Waals surface area contributed by atoms with Gasteiger partial charge in [0, 0.05) is 22.5 Å². The molecular weight excluding hydrogens is 427 g/mol. The Hall–Kier alpha value is -2.40. The summed E-state index contributed by atoms with van der Waals surface area (Å²) in [4.78, 5) is 12.3. The van der Waals surface area contributed by atoms with Crippen LogP contribution >= 0.6 is 0 Å². The Bertz CT molecular complexity index is 1040. The van der Waals surface area contributed by atoms with Crippen LogP contribution in [0.5, 0.6) is 0 Å². The van der Waals surface area contributed by atoms with Crippen LogP contribution in [-0.4, -0.2) is 21.9 Å². The number of nitriles is 1. The molecule has 0 fully saturated rings. The van der Waals surface area contributed by atoms with Gasteiger partial charge >= 0.3 is 5.97 Å². The fourth-order valence-electron chi connectivity index (χ4n) is 3.38. The number of halogens is 1. The molecule has 0 aromatic heterocycles. The number of esters is 1. The Balaban J connectivity index is 2.67. The molecule has 0 bridgehead atoms. The van der Waals surface area contributed by atoms with Crippen molar-refractivity contribution < 1.29 is 18.5 Å². The Labute approximate surface area is 193 Å². The number of hydrogen-bond donors (Lipinski definition) is 1. The van der Waals surface area contributed by atoms with Crippen molar-refractivity contribution in [3.63, 3.8) is 0 Å². The van der Waals surface area contributed by atoms with E-state index in [4.69, 9.17) is 4.74 Å². The van der Waals surface area contributed by atoms with Gasteiger partial charge in [-0.15, -0.1) is 4.72 Å². The van der Waals surface area contributed by atoms with Gasteiger partial charge in [-0.25, -0.2) is 4.39 Å². The quantitative estimate of drug-likeness (QED) is 0.447. The van der Waals surface area contributed by atoms with Crippen molar-refractivity contribution in [2.75, 3.05) is 6.61 Å². The average molecular weight is 459 g/mol. The van der Waals surface area contributed by atoms with Crippen molar-refractivity contribution in [1.82, 2.24) is 4.72 Å². The molecule has 2 atom stereocenters. The molecule has 2 aromatic rings. The minimum atomic E-state index is -1.55. The summed E-state index contributed by atoms with van der Waals surface area (Å²) < 4.78 is 35.5. The molecule has 0 saturated heterocycles. The lowest BCUT2D eigenvalue weighted by Gasteiger charge is -2.28. The van der Waals surface area contributed by atoms with Crippen LogP contribution in [0.2, 0.25) is 0 Å². The van der Waals surface area contributed by atoms with Crippen LogP contribution in [-0.2, 0) is 20.9 Å². The number of hydrogen-bond acceptors (Lipinski definition) is 5. The zero-order valence-electron chi connectivity index (χ0n) is 19.8. The van der Waals surface area contributed by atoms with Crippen LogP contribution in [0.3, 0.4) is 0 Å². The van der Waals surface area contributed by atoms with E-state index in [-0.39, 0.29) is 18.6 Å². The first kappa shape index (κ1) is 25.9.